The van der Waals surface area contributed by atoms with E-state index in [1.165, 1.54) is 40.0 Å². The quantitative estimate of drug-likeness (QED) is 0.343. The number of rotatable bonds is 9. The number of nitrogens with zero attached hydrogens (tertiary/aromatic N) is 3. The van der Waals surface area contributed by atoms with Gasteiger partial charge in [-0.15, -0.1) is 21.5 Å². The fourth-order valence-corrected chi connectivity index (χ4v) is 4.72. The van der Waals surface area contributed by atoms with Gasteiger partial charge in [-0.25, -0.2) is 9.78 Å². The summed E-state index contributed by atoms with van der Waals surface area (Å²) in [4.78, 5) is 28.1. The summed E-state index contributed by atoms with van der Waals surface area (Å²) in [5, 5.41) is 15.9. The summed E-state index contributed by atoms with van der Waals surface area (Å²) in [6.07, 6.45) is 1.60. The predicted octanol–water partition coefficient (Wildman–Crippen LogP) is 4.91. The van der Waals surface area contributed by atoms with Crippen molar-refractivity contribution in [2.75, 3.05) is 23.0 Å². The molecule has 0 saturated carbocycles. The molecular formula is C19H21N5O3S3. The van der Waals surface area contributed by atoms with Gasteiger partial charge in [-0.1, -0.05) is 60.7 Å². The number of carbonyl (C=O) groups excluding carboxylic acids is 2. The number of benzene rings is 1. The lowest BCUT2D eigenvalue weighted by molar-refractivity contribution is -0.113. The Kier molecular flexibility index (Phi) is 8.17. The minimum Gasteiger partial charge on any atom is -0.450 e. The van der Waals surface area contributed by atoms with Crippen LogP contribution in [0, 0.1) is 0 Å². The summed E-state index contributed by atoms with van der Waals surface area (Å²) in [6, 6.07) is 8.33. The zero-order chi connectivity index (χ0) is 21.3. The highest BCUT2D eigenvalue weighted by molar-refractivity contribution is 8.01. The lowest BCUT2D eigenvalue weighted by atomic mass is 10.1. The standard InChI is InChI=1S/C19H21N5O3S3/c1-3-5-12-6-8-13(9-7-12)14-10-28-16(20-14)21-15(25)11-29-19-24-23-17(30-19)22-18(26)27-4-2/h6-10H,3-5,11H2,1-2H3,(H,20,21,25)(H,22,23,26). The fourth-order valence-electron chi connectivity index (χ4n) is 2.45. The molecule has 8 nitrogen and oxygen atoms in total. The minimum atomic E-state index is -0.581. The van der Waals surface area contributed by atoms with Crippen molar-refractivity contribution in [2.45, 2.75) is 31.0 Å². The molecule has 0 atom stereocenters. The first-order valence-corrected chi connectivity index (χ1v) is 12.0. The number of hydrogen-bond acceptors (Lipinski definition) is 9. The summed E-state index contributed by atoms with van der Waals surface area (Å²) in [5.74, 6) is -0.0245. The maximum absolute atomic E-state index is 12.2. The first-order chi connectivity index (χ1) is 14.6. The topological polar surface area (TPSA) is 106 Å². The largest absolute Gasteiger partial charge is 0.450 e. The zero-order valence-corrected chi connectivity index (χ0v) is 19.0. The van der Waals surface area contributed by atoms with Gasteiger partial charge in [0.05, 0.1) is 18.1 Å². The molecule has 158 valence electrons. The van der Waals surface area contributed by atoms with Crippen LogP contribution in [0.3, 0.4) is 0 Å². The van der Waals surface area contributed by atoms with E-state index in [0.29, 0.717) is 14.6 Å². The third kappa shape index (κ3) is 6.51. The van der Waals surface area contributed by atoms with Crippen molar-refractivity contribution >= 4 is 56.7 Å². The Morgan fingerprint density at radius 1 is 1.10 bits per heavy atom. The van der Waals surface area contributed by atoms with Gasteiger partial charge in [0.2, 0.25) is 11.0 Å². The van der Waals surface area contributed by atoms with Gasteiger partial charge in [0.15, 0.2) is 9.47 Å². The smallest absolute Gasteiger partial charge is 0.413 e. The van der Waals surface area contributed by atoms with E-state index in [4.69, 9.17) is 4.74 Å². The number of hydrogen-bond donors (Lipinski definition) is 2. The molecule has 11 heteroatoms. The van der Waals surface area contributed by atoms with Crippen molar-refractivity contribution in [3.63, 3.8) is 0 Å². The second kappa shape index (κ2) is 11.0. The van der Waals surface area contributed by atoms with Crippen LogP contribution in [0.2, 0.25) is 0 Å². The second-order valence-electron chi connectivity index (χ2n) is 6.04. The van der Waals surface area contributed by atoms with E-state index in [1.54, 1.807) is 6.92 Å². The Morgan fingerprint density at radius 3 is 2.63 bits per heavy atom. The van der Waals surface area contributed by atoms with E-state index in [2.05, 4.69) is 57.0 Å². The Balaban J connectivity index is 1.49. The molecule has 0 unspecified atom stereocenters. The first-order valence-electron chi connectivity index (χ1n) is 9.32. The van der Waals surface area contributed by atoms with Gasteiger partial charge in [-0.2, -0.15) is 0 Å². The summed E-state index contributed by atoms with van der Waals surface area (Å²) in [5.41, 5.74) is 3.17. The highest BCUT2D eigenvalue weighted by atomic mass is 32.2. The number of ether oxygens (including phenoxy) is 1. The normalized spacial score (nSPS) is 10.6. The molecule has 0 spiro atoms. The molecule has 3 aromatic rings. The average molecular weight is 464 g/mol. The van der Waals surface area contributed by atoms with Crippen molar-refractivity contribution in [3.05, 3.63) is 35.2 Å². The monoisotopic (exact) mass is 463 g/mol. The summed E-state index contributed by atoms with van der Waals surface area (Å²) >= 11 is 3.80. The first kappa shape index (κ1) is 22.2. The Bertz CT molecular complexity index is 987. The van der Waals surface area contributed by atoms with Crippen LogP contribution in [0.1, 0.15) is 25.8 Å². The Hall–Kier alpha value is -2.50. The third-order valence-corrected chi connectivity index (χ3v) is 6.49. The molecule has 1 aromatic carbocycles. The molecule has 2 N–H and O–H groups in total. The van der Waals surface area contributed by atoms with Crippen LogP contribution < -0.4 is 10.6 Å². The molecule has 30 heavy (non-hydrogen) atoms. The lowest BCUT2D eigenvalue weighted by Crippen LogP contribution is -2.13. The van der Waals surface area contributed by atoms with Crippen molar-refractivity contribution in [3.8, 4) is 11.3 Å². The van der Waals surface area contributed by atoms with E-state index >= 15 is 0 Å². The summed E-state index contributed by atoms with van der Waals surface area (Å²) in [7, 11) is 0. The molecule has 0 saturated heterocycles. The number of nitrogens with one attached hydrogen (secondary N) is 2. The second-order valence-corrected chi connectivity index (χ2v) is 9.10. The van der Waals surface area contributed by atoms with Crippen LogP contribution in [-0.2, 0) is 16.0 Å². The van der Waals surface area contributed by atoms with E-state index in [9.17, 15) is 9.59 Å². The van der Waals surface area contributed by atoms with Crippen molar-refractivity contribution in [1.29, 1.82) is 0 Å². The van der Waals surface area contributed by atoms with Gasteiger partial charge in [0.1, 0.15) is 0 Å². The number of thiazole rings is 1. The van der Waals surface area contributed by atoms with Gasteiger partial charge in [-0.3, -0.25) is 10.1 Å². The zero-order valence-electron chi connectivity index (χ0n) is 16.5. The van der Waals surface area contributed by atoms with Gasteiger partial charge < -0.3 is 10.1 Å². The van der Waals surface area contributed by atoms with Crippen molar-refractivity contribution in [1.82, 2.24) is 15.2 Å². The third-order valence-electron chi connectivity index (χ3n) is 3.76. The maximum Gasteiger partial charge on any atom is 0.413 e. The number of aryl methyl sites for hydroxylation is 1. The van der Waals surface area contributed by atoms with Crippen molar-refractivity contribution < 1.29 is 14.3 Å². The molecule has 2 heterocycles. The van der Waals surface area contributed by atoms with E-state index < -0.39 is 6.09 Å². The predicted molar refractivity (Wildman–Crippen MR) is 121 cm³/mol. The molecular weight excluding hydrogens is 442 g/mol. The molecule has 2 aromatic heterocycles. The maximum atomic E-state index is 12.2. The lowest BCUT2D eigenvalue weighted by Gasteiger charge is -2.01. The number of aromatic nitrogens is 3. The summed E-state index contributed by atoms with van der Waals surface area (Å²) in [6.45, 7) is 4.15. The highest BCUT2D eigenvalue weighted by Gasteiger charge is 2.12. The van der Waals surface area contributed by atoms with Crippen LogP contribution in [-0.4, -0.2) is 39.5 Å². The van der Waals surface area contributed by atoms with Crippen LogP contribution in [0.4, 0.5) is 15.1 Å². The van der Waals surface area contributed by atoms with Crippen LogP contribution in [0.5, 0.6) is 0 Å². The van der Waals surface area contributed by atoms with E-state index in [1.807, 2.05) is 5.38 Å². The minimum absolute atomic E-state index is 0.161. The van der Waals surface area contributed by atoms with Gasteiger partial charge in [0, 0.05) is 10.9 Å². The molecule has 0 aliphatic heterocycles. The number of thioether (sulfide) groups is 1. The van der Waals surface area contributed by atoms with Crippen LogP contribution >= 0.6 is 34.4 Å². The van der Waals surface area contributed by atoms with E-state index in [0.717, 1.165) is 24.1 Å². The van der Waals surface area contributed by atoms with Gasteiger partial charge >= 0.3 is 6.09 Å². The molecule has 0 fully saturated rings. The highest BCUT2D eigenvalue weighted by Crippen LogP contribution is 2.27. The molecule has 2 amide bonds. The molecule has 0 aliphatic rings. The fraction of sp³-hybridized carbons (Fsp3) is 0.316. The Labute approximate surface area is 186 Å². The number of anilines is 2. The molecule has 3 rings (SSSR count). The molecule has 0 aliphatic carbocycles. The number of amides is 2. The molecule has 0 bridgehead atoms. The van der Waals surface area contributed by atoms with Gasteiger partial charge in [-0.05, 0) is 18.9 Å². The molecule has 0 radical (unpaired) electrons. The number of carbonyl (C=O) groups is 2. The van der Waals surface area contributed by atoms with Crippen LogP contribution in [0.25, 0.3) is 11.3 Å². The van der Waals surface area contributed by atoms with Crippen molar-refractivity contribution in [2.24, 2.45) is 0 Å². The average Bonchev–Trinajstić information content (AvgIpc) is 3.37. The SMILES string of the molecule is CCCc1ccc(-c2csc(NC(=O)CSc3nnc(NC(=O)OCC)s3)n2)cc1. The van der Waals surface area contributed by atoms with Gasteiger partial charge in [0.25, 0.3) is 0 Å². The Morgan fingerprint density at radius 2 is 1.90 bits per heavy atom. The summed E-state index contributed by atoms with van der Waals surface area (Å²) < 4.78 is 5.36. The van der Waals surface area contributed by atoms with Crippen LogP contribution in [0.15, 0.2) is 34.0 Å². The van der Waals surface area contributed by atoms with E-state index in [-0.39, 0.29) is 18.3 Å².